The van der Waals surface area contributed by atoms with Gasteiger partial charge in [-0.25, -0.2) is 8.42 Å². The number of amides is 1. The first kappa shape index (κ1) is 19.8. The van der Waals surface area contributed by atoms with Gasteiger partial charge in [0.2, 0.25) is 0 Å². The first-order valence-electron chi connectivity index (χ1n) is 9.38. The number of anilines is 1. The lowest BCUT2D eigenvalue weighted by Gasteiger charge is -2.32. The summed E-state index contributed by atoms with van der Waals surface area (Å²) in [5, 5.41) is 0. The molecule has 1 aromatic rings. The molecule has 0 aromatic heterocycles. The number of methoxy groups -OCH3 is 1. The Morgan fingerprint density at radius 1 is 1.15 bits per heavy atom. The maximum absolute atomic E-state index is 13.1. The van der Waals surface area contributed by atoms with Crippen molar-refractivity contribution < 1.29 is 27.6 Å². The topological polar surface area (TPSA) is 85.2 Å². The average molecular weight is 396 g/mol. The molecule has 1 aromatic carbocycles. The van der Waals surface area contributed by atoms with Crippen LogP contribution in [0.2, 0.25) is 0 Å². The van der Waals surface area contributed by atoms with Gasteiger partial charge in [-0.15, -0.1) is 0 Å². The minimum absolute atomic E-state index is 0.0212. The van der Waals surface area contributed by atoms with Crippen molar-refractivity contribution in [3.05, 3.63) is 30.3 Å². The minimum Gasteiger partial charge on any atom is -0.469 e. The Labute approximate surface area is 160 Å². The van der Waals surface area contributed by atoms with Crippen LogP contribution in [-0.2, 0) is 24.2 Å². The van der Waals surface area contributed by atoms with Crippen molar-refractivity contribution in [2.75, 3.05) is 43.1 Å². The number of nitrogens with zero attached hydrogens (tertiary/aromatic N) is 1. The van der Waals surface area contributed by atoms with E-state index in [9.17, 15) is 18.0 Å². The van der Waals surface area contributed by atoms with Gasteiger partial charge in [-0.2, -0.15) is 0 Å². The molecule has 7 nitrogen and oxygen atoms in total. The minimum atomic E-state index is -3.09. The van der Waals surface area contributed by atoms with Gasteiger partial charge < -0.3 is 14.5 Å². The molecule has 0 unspecified atom stereocenters. The van der Waals surface area contributed by atoms with Gasteiger partial charge in [-0.05, 0) is 18.6 Å². The van der Waals surface area contributed by atoms with E-state index in [2.05, 4.69) is 0 Å². The van der Waals surface area contributed by atoms with Crippen LogP contribution in [0.25, 0.3) is 0 Å². The number of hydrogen-bond donors (Lipinski definition) is 1. The number of rotatable bonds is 5. The molecule has 2 aliphatic rings. The van der Waals surface area contributed by atoms with Gasteiger partial charge in [0.15, 0.2) is 16.4 Å². The molecule has 0 aliphatic carbocycles. The highest BCUT2D eigenvalue weighted by Crippen LogP contribution is 2.24. The average Bonchev–Trinajstić information content (AvgIpc) is 3.02. The third-order valence-electron chi connectivity index (χ3n) is 5.51. The number of carbonyl (C=O) groups excluding carboxylic acids is 2. The van der Waals surface area contributed by atoms with E-state index in [1.165, 1.54) is 7.11 Å². The quantitative estimate of drug-likeness (QED) is 0.691. The van der Waals surface area contributed by atoms with Gasteiger partial charge >= 0.3 is 5.97 Å². The molecule has 2 heterocycles. The molecule has 0 bridgehead atoms. The summed E-state index contributed by atoms with van der Waals surface area (Å²) < 4.78 is 28.7. The first-order valence-corrected chi connectivity index (χ1v) is 11.2. The molecule has 1 atom stereocenters. The van der Waals surface area contributed by atoms with Crippen molar-refractivity contribution in [3.8, 4) is 0 Å². The van der Waals surface area contributed by atoms with Gasteiger partial charge in [0, 0.05) is 18.5 Å². The van der Waals surface area contributed by atoms with Crippen molar-refractivity contribution in [1.29, 1.82) is 0 Å². The number of ether oxygens (including phenoxy) is 1. The van der Waals surface area contributed by atoms with E-state index in [4.69, 9.17) is 4.74 Å². The summed E-state index contributed by atoms with van der Waals surface area (Å²) in [7, 11) is -1.69. The van der Waals surface area contributed by atoms with Gasteiger partial charge in [-0.1, -0.05) is 18.2 Å². The molecule has 2 saturated heterocycles. The largest absolute Gasteiger partial charge is 0.469 e. The van der Waals surface area contributed by atoms with Crippen molar-refractivity contribution in [2.24, 2.45) is 5.92 Å². The molecule has 148 valence electrons. The van der Waals surface area contributed by atoms with Crippen LogP contribution in [0.4, 0.5) is 5.69 Å². The number of quaternary nitrogens is 1. The second-order valence-corrected chi connectivity index (χ2v) is 9.61. The Hall–Kier alpha value is -1.93. The second-order valence-electron chi connectivity index (χ2n) is 7.38. The van der Waals surface area contributed by atoms with E-state index in [1.54, 1.807) is 4.90 Å². The second kappa shape index (κ2) is 8.39. The van der Waals surface area contributed by atoms with Crippen molar-refractivity contribution in [2.45, 2.75) is 25.3 Å². The number of likely N-dealkylation sites (tertiary alicyclic amines) is 1. The van der Waals surface area contributed by atoms with Crippen LogP contribution in [0.3, 0.4) is 0 Å². The van der Waals surface area contributed by atoms with Crippen LogP contribution in [0.1, 0.15) is 19.3 Å². The highest BCUT2D eigenvalue weighted by molar-refractivity contribution is 7.91. The Morgan fingerprint density at radius 3 is 2.37 bits per heavy atom. The Balaban J connectivity index is 1.68. The number of benzene rings is 1. The smallest absolute Gasteiger partial charge is 0.309 e. The summed E-state index contributed by atoms with van der Waals surface area (Å²) in [4.78, 5) is 27.6. The lowest BCUT2D eigenvalue weighted by Crippen LogP contribution is -3.14. The lowest BCUT2D eigenvalue weighted by molar-refractivity contribution is -0.897. The number of piperidine rings is 1. The monoisotopic (exact) mass is 395 g/mol. The summed E-state index contributed by atoms with van der Waals surface area (Å²) in [5.41, 5.74) is 0.744. The number of para-hydroxylation sites is 1. The lowest BCUT2D eigenvalue weighted by atomic mass is 9.97. The number of hydrogen-bond acceptors (Lipinski definition) is 5. The molecular weight excluding hydrogens is 368 g/mol. The molecule has 0 spiro atoms. The highest BCUT2D eigenvalue weighted by atomic mass is 32.2. The van der Waals surface area contributed by atoms with Gasteiger partial charge in [0.25, 0.3) is 5.91 Å². The van der Waals surface area contributed by atoms with E-state index >= 15 is 0 Å². The summed E-state index contributed by atoms with van der Waals surface area (Å²) in [6.45, 7) is 1.77. The third kappa shape index (κ3) is 4.87. The molecule has 8 heteroatoms. The van der Waals surface area contributed by atoms with Crippen LogP contribution in [-0.4, -0.2) is 64.6 Å². The van der Waals surface area contributed by atoms with Crippen LogP contribution < -0.4 is 9.80 Å². The molecule has 3 rings (SSSR count). The maximum atomic E-state index is 13.1. The standard InChI is InChI=1S/C19H26N2O5S/c1-26-19(23)15-7-10-20(11-8-15)13-18(22)21(16-5-3-2-4-6-16)17-9-12-27(24,25)14-17/h2-6,15,17H,7-14H2,1H3/p+1/t17-/m1/s1. The summed E-state index contributed by atoms with van der Waals surface area (Å²) in [5.74, 6) is -0.171. The summed E-state index contributed by atoms with van der Waals surface area (Å²) >= 11 is 0. The molecule has 0 radical (unpaired) electrons. The maximum Gasteiger partial charge on any atom is 0.309 e. The summed E-state index contributed by atoms with van der Waals surface area (Å²) in [6.07, 6.45) is 1.89. The zero-order valence-electron chi connectivity index (χ0n) is 15.6. The number of esters is 1. The van der Waals surface area contributed by atoms with Crippen LogP contribution in [0, 0.1) is 5.92 Å². The van der Waals surface area contributed by atoms with Crippen LogP contribution in [0.15, 0.2) is 30.3 Å². The normalized spacial score (nSPS) is 27.1. The molecule has 1 amide bonds. The van der Waals surface area contributed by atoms with E-state index in [0.717, 1.165) is 23.7 Å². The predicted molar refractivity (Wildman–Crippen MR) is 101 cm³/mol. The van der Waals surface area contributed by atoms with Crippen molar-refractivity contribution >= 4 is 27.4 Å². The Bertz CT molecular complexity index is 773. The molecule has 27 heavy (non-hydrogen) atoms. The molecule has 0 saturated carbocycles. The Morgan fingerprint density at radius 2 is 1.81 bits per heavy atom. The van der Waals surface area contributed by atoms with E-state index in [-0.39, 0.29) is 35.3 Å². The number of sulfone groups is 1. The van der Waals surface area contributed by atoms with Crippen LogP contribution >= 0.6 is 0 Å². The summed E-state index contributed by atoms with van der Waals surface area (Å²) in [6, 6.07) is 8.97. The van der Waals surface area contributed by atoms with E-state index in [1.807, 2.05) is 30.3 Å². The van der Waals surface area contributed by atoms with Crippen molar-refractivity contribution in [3.63, 3.8) is 0 Å². The number of carbonyl (C=O) groups is 2. The molecular formula is C19H27N2O5S+. The van der Waals surface area contributed by atoms with E-state index < -0.39 is 9.84 Å². The fourth-order valence-corrected chi connectivity index (χ4v) is 5.73. The zero-order valence-corrected chi connectivity index (χ0v) is 16.4. The third-order valence-corrected chi connectivity index (χ3v) is 7.26. The predicted octanol–water partition coefficient (Wildman–Crippen LogP) is -0.325. The van der Waals surface area contributed by atoms with Gasteiger partial charge in [0.05, 0.1) is 43.7 Å². The fraction of sp³-hybridized carbons (Fsp3) is 0.579. The SMILES string of the molecule is COC(=O)C1CC[NH+](CC(=O)N(c2ccccc2)[C@@H]2CCS(=O)(=O)C2)CC1. The fourth-order valence-electron chi connectivity index (χ4n) is 4.03. The highest BCUT2D eigenvalue weighted by Gasteiger charge is 2.37. The first-order chi connectivity index (χ1) is 12.9. The molecule has 2 aliphatic heterocycles. The molecule has 1 N–H and O–H groups in total. The Kier molecular flexibility index (Phi) is 6.16. The van der Waals surface area contributed by atoms with Gasteiger partial charge in [-0.3, -0.25) is 9.59 Å². The van der Waals surface area contributed by atoms with Crippen molar-refractivity contribution in [1.82, 2.24) is 0 Å². The van der Waals surface area contributed by atoms with Gasteiger partial charge in [0.1, 0.15) is 0 Å². The number of nitrogens with one attached hydrogen (secondary N) is 1. The van der Waals surface area contributed by atoms with E-state index in [0.29, 0.717) is 25.8 Å². The molecule has 2 fully saturated rings. The van der Waals surface area contributed by atoms with Crippen LogP contribution in [0.5, 0.6) is 0 Å². The zero-order chi connectivity index (χ0) is 19.4.